The lowest BCUT2D eigenvalue weighted by Crippen LogP contribution is -2.43. The van der Waals surface area contributed by atoms with Crippen molar-refractivity contribution in [2.75, 3.05) is 0 Å². The van der Waals surface area contributed by atoms with Crippen molar-refractivity contribution in [2.45, 2.75) is 37.5 Å². The lowest BCUT2D eigenvalue weighted by molar-refractivity contribution is -0.127. The molecule has 0 saturated heterocycles. The second-order valence-corrected chi connectivity index (χ2v) is 9.62. The minimum atomic E-state index is -0.455. The van der Waals surface area contributed by atoms with E-state index in [1.54, 1.807) is 17.1 Å². The van der Waals surface area contributed by atoms with Gasteiger partial charge in [-0.2, -0.15) is 0 Å². The third-order valence-corrected chi connectivity index (χ3v) is 7.24. The molecule has 1 aliphatic carbocycles. The molecule has 5 rings (SSSR count). The average molecular weight is 476 g/mol. The second kappa shape index (κ2) is 9.04. The first kappa shape index (κ1) is 21.7. The van der Waals surface area contributed by atoms with Gasteiger partial charge in [0.1, 0.15) is 11.5 Å². The summed E-state index contributed by atoms with van der Waals surface area (Å²) in [6, 6.07) is 15.4. The minimum Gasteiger partial charge on any atom is -0.342 e. The summed E-state index contributed by atoms with van der Waals surface area (Å²) in [5.41, 5.74) is 5.46. The van der Waals surface area contributed by atoms with Gasteiger partial charge >= 0.3 is 0 Å². The zero-order valence-corrected chi connectivity index (χ0v) is 19.5. The Bertz CT molecular complexity index is 1290. The SMILES string of the molecule is O=C(Cc1ccc(-c2cnc(CC(=O)C3(c4cccc(Cl)c4)CCC3)[nH]2)cc1)c1cscn1. The van der Waals surface area contributed by atoms with Gasteiger partial charge in [0.15, 0.2) is 11.6 Å². The van der Waals surface area contributed by atoms with E-state index >= 15 is 0 Å². The predicted molar refractivity (Wildman–Crippen MR) is 130 cm³/mol. The molecule has 33 heavy (non-hydrogen) atoms. The van der Waals surface area contributed by atoms with Gasteiger partial charge < -0.3 is 4.98 Å². The maximum absolute atomic E-state index is 13.3. The fraction of sp³-hybridized carbons (Fsp3) is 0.231. The first-order valence-electron chi connectivity index (χ1n) is 10.9. The molecule has 166 valence electrons. The number of halogens is 1. The third-order valence-electron chi connectivity index (χ3n) is 6.42. The highest BCUT2D eigenvalue weighted by molar-refractivity contribution is 7.07. The zero-order valence-electron chi connectivity index (χ0n) is 17.9. The van der Waals surface area contributed by atoms with E-state index < -0.39 is 5.41 Å². The molecule has 0 radical (unpaired) electrons. The molecule has 2 heterocycles. The molecule has 5 nitrogen and oxygen atoms in total. The van der Waals surface area contributed by atoms with E-state index in [1.807, 2.05) is 48.5 Å². The Hall–Kier alpha value is -3.09. The lowest BCUT2D eigenvalue weighted by atomic mass is 9.61. The van der Waals surface area contributed by atoms with E-state index in [0.717, 1.165) is 41.6 Å². The van der Waals surface area contributed by atoms with Crippen LogP contribution in [-0.2, 0) is 23.1 Å². The highest BCUT2D eigenvalue weighted by Crippen LogP contribution is 2.45. The third kappa shape index (κ3) is 4.41. The Morgan fingerprint density at radius 1 is 1.06 bits per heavy atom. The molecule has 1 N–H and O–H groups in total. The van der Waals surface area contributed by atoms with E-state index in [4.69, 9.17) is 11.6 Å². The van der Waals surface area contributed by atoms with Crippen LogP contribution in [0.25, 0.3) is 11.3 Å². The Morgan fingerprint density at radius 3 is 2.55 bits per heavy atom. The first-order chi connectivity index (χ1) is 16.0. The summed E-state index contributed by atoms with van der Waals surface area (Å²) in [4.78, 5) is 37.4. The number of aromatic nitrogens is 3. The topological polar surface area (TPSA) is 75.7 Å². The van der Waals surface area contributed by atoms with Gasteiger partial charge in [0, 0.05) is 16.8 Å². The highest BCUT2D eigenvalue weighted by Gasteiger charge is 2.45. The highest BCUT2D eigenvalue weighted by atomic mass is 35.5. The average Bonchev–Trinajstić information content (AvgIpc) is 3.46. The number of carbonyl (C=O) groups is 2. The number of aromatic amines is 1. The van der Waals surface area contributed by atoms with Gasteiger partial charge in [0.05, 0.1) is 29.2 Å². The number of H-pyrrole nitrogens is 1. The molecule has 0 spiro atoms. The number of hydrogen-bond donors (Lipinski definition) is 1. The van der Waals surface area contributed by atoms with E-state index in [9.17, 15) is 9.59 Å². The van der Waals surface area contributed by atoms with Crippen molar-refractivity contribution in [3.05, 3.63) is 93.3 Å². The summed E-state index contributed by atoms with van der Waals surface area (Å²) in [7, 11) is 0. The maximum atomic E-state index is 13.3. The Kier molecular flexibility index (Phi) is 5.96. The van der Waals surface area contributed by atoms with Crippen LogP contribution in [0.1, 0.15) is 46.7 Å². The summed E-state index contributed by atoms with van der Waals surface area (Å²) < 4.78 is 0. The molecule has 1 fully saturated rings. The largest absolute Gasteiger partial charge is 0.342 e. The molecule has 0 atom stereocenters. The van der Waals surface area contributed by atoms with Crippen LogP contribution >= 0.6 is 22.9 Å². The molecule has 0 bridgehead atoms. The van der Waals surface area contributed by atoms with Crippen molar-refractivity contribution in [3.8, 4) is 11.3 Å². The summed E-state index contributed by atoms with van der Waals surface area (Å²) in [6.07, 6.45) is 5.07. The normalized spacial score (nSPS) is 14.6. The second-order valence-electron chi connectivity index (χ2n) is 8.46. The fourth-order valence-corrected chi connectivity index (χ4v) is 5.14. The predicted octanol–water partition coefficient (Wildman–Crippen LogP) is 5.85. The number of benzene rings is 2. The summed E-state index contributed by atoms with van der Waals surface area (Å²) in [6.45, 7) is 0. The van der Waals surface area contributed by atoms with Gasteiger partial charge in [-0.15, -0.1) is 11.3 Å². The van der Waals surface area contributed by atoms with Gasteiger partial charge in [-0.05, 0) is 41.7 Å². The van der Waals surface area contributed by atoms with E-state index in [1.165, 1.54) is 11.3 Å². The number of ketones is 2. The van der Waals surface area contributed by atoms with Crippen LogP contribution in [0.4, 0.5) is 0 Å². The number of carbonyl (C=O) groups excluding carboxylic acids is 2. The van der Waals surface area contributed by atoms with Gasteiger partial charge in [0.25, 0.3) is 0 Å². The minimum absolute atomic E-state index is 0.0102. The van der Waals surface area contributed by atoms with E-state index in [-0.39, 0.29) is 18.0 Å². The van der Waals surface area contributed by atoms with Gasteiger partial charge in [-0.25, -0.2) is 9.97 Å². The molecule has 1 saturated carbocycles. The number of hydrogen-bond acceptors (Lipinski definition) is 5. The van der Waals surface area contributed by atoms with Gasteiger partial charge in [0.2, 0.25) is 0 Å². The number of nitrogens with zero attached hydrogens (tertiary/aromatic N) is 2. The summed E-state index contributed by atoms with van der Waals surface area (Å²) >= 11 is 7.60. The molecular formula is C26H22ClN3O2S. The fourth-order valence-electron chi connectivity index (χ4n) is 4.39. The number of thiazole rings is 1. The molecular weight excluding hydrogens is 454 g/mol. The van der Waals surface area contributed by atoms with Crippen LogP contribution in [0, 0.1) is 0 Å². The molecule has 0 aliphatic heterocycles. The quantitative estimate of drug-likeness (QED) is 0.324. The van der Waals surface area contributed by atoms with Crippen molar-refractivity contribution >= 4 is 34.5 Å². The summed E-state index contributed by atoms with van der Waals surface area (Å²) in [5.74, 6) is 0.842. The summed E-state index contributed by atoms with van der Waals surface area (Å²) in [5, 5.41) is 2.42. The molecule has 1 aliphatic rings. The zero-order chi connectivity index (χ0) is 22.8. The molecule has 2 aromatic heterocycles. The van der Waals surface area contributed by atoms with Crippen molar-refractivity contribution < 1.29 is 9.59 Å². The number of imidazole rings is 1. The van der Waals surface area contributed by atoms with Gasteiger partial charge in [-0.1, -0.05) is 54.4 Å². The van der Waals surface area contributed by atoms with Crippen molar-refractivity contribution in [1.29, 1.82) is 0 Å². The van der Waals surface area contributed by atoms with Crippen molar-refractivity contribution in [3.63, 3.8) is 0 Å². The van der Waals surface area contributed by atoms with E-state index in [2.05, 4.69) is 15.0 Å². The monoisotopic (exact) mass is 475 g/mol. The molecule has 2 aromatic carbocycles. The van der Waals surface area contributed by atoms with Gasteiger partial charge in [-0.3, -0.25) is 9.59 Å². The number of rotatable bonds is 8. The molecule has 0 unspecified atom stereocenters. The number of nitrogens with one attached hydrogen (secondary N) is 1. The number of Topliss-reactive ketones (excluding diaryl/α,β-unsaturated/α-hetero) is 2. The first-order valence-corrected chi connectivity index (χ1v) is 12.2. The lowest BCUT2D eigenvalue weighted by Gasteiger charge is -2.41. The van der Waals surface area contributed by atoms with Crippen LogP contribution in [0.15, 0.2) is 65.6 Å². The van der Waals surface area contributed by atoms with E-state index in [0.29, 0.717) is 23.0 Å². The smallest absolute Gasteiger partial charge is 0.186 e. The molecule has 4 aromatic rings. The van der Waals surface area contributed by atoms with Crippen molar-refractivity contribution in [2.24, 2.45) is 0 Å². The van der Waals surface area contributed by atoms with Crippen LogP contribution < -0.4 is 0 Å². The van der Waals surface area contributed by atoms with Crippen LogP contribution in [-0.4, -0.2) is 26.5 Å². The van der Waals surface area contributed by atoms with Crippen molar-refractivity contribution in [1.82, 2.24) is 15.0 Å². The van der Waals surface area contributed by atoms with Crippen LogP contribution in [0.2, 0.25) is 5.02 Å². The standard InChI is InChI=1S/C26H22ClN3O2S/c27-20-4-1-3-19(12-20)26(9-2-10-26)24(32)13-25-28-14-21(30-25)18-7-5-17(6-8-18)11-23(31)22-15-33-16-29-22/h1,3-8,12,14-16H,2,9-11,13H2,(H,28,30). The Balaban J connectivity index is 1.27. The van der Waals surface area contributed by atoms with Crippen LogP contribution in [0.5, 0.6) is 0 Å². The maximum Gasteiger partial charge on any atom is 0.186 e. The Morgan fingerprint density at radius 2 is 1.88 bits per heavy atom. The Labute approximate surface area is 200 Å². The van der Waals surface area contributed by atoms with Crippen LogP contribution in [0.3, 0.4) is 0 Å². The molecule has 0 amide bonds. The molecule has 7 heteroatoms.